The Hall–Kier alpha value is -6.98. The Labute approximate surface area is 300 Å². The zero-order valence-electron chi connectivity index (χ0n) is 28.0. The number of benzene rings is 7. The van der Waals surface area contributed by atoms with Crippen LogP contribution in [0.5, 0.6) is 0 Å². The molecule has 3 heterocycles. The van der Waals surface area contributed by atoms with Crippen molar-refractivity contribution in [2.45, 2.75) is 5.41 Å². The maximum atomic E-state index is 5.40. The number of imidazole rings is 1. The van der Waals surface area contributed by atoms with Gasteiger partial charge in [-0.3, -0.25) is 4.57 Å². The van der Waals surface area contributed by atoms with E-state index in [-0.39, 0.29) is 0 Å². The first kappa shape index (κ1) is 28.8. The van der Waals surface area contributed by atoms with Crippen LogP contribution in [-0.4, -0.2) is 24.5 Å². The SMILES string of the molecule is c1ccc(-c2ccc(-c3nc(-c4ccccc4)nc(-c4cccc5c4-c4ccccc4C54c5ccccc5-n5c4nc4ccccc45)n3)cc2)cc1. The van der Waals surface area contributed by atoms with Gasteiger partial charge in [-0.05, 0) is 57.1 Å². The van der Waals surface area contributed by atoms with Gasteiger partial charge in [0, 0.05) is 16.7 Å². The van der Waals surface area contributed by atoms with E-state index in [1.54, 1.807) is 0 Å². The lowest BCUT2D eigenvalue weighted by Crippen LogP contribution is -2.27. The monoisotopic (exact) mass is 663 g/mol. The van der Waals surface area contributed by atoms with Crippen LogP contribution in [-0.2, 0) is 5.41 Å². The molecule has 5 nitrogen and oxygen atoms in total. The molecule has 2 aliphatic rings. The zero-order valence-corrected chi connectivity index (χ0v) is 28.0. The summed E-state index contributed by atoms with van der Waals surface area (Å²) in [6.07, 6.45) is 0. The standard InChI is InChI=1S/C47H29N5/c1-3-14-30(15-4-1)31-26-28-33(29-27-31)44-49-43(32-16-5-2-6-17-32)50-45(51-44)35-19-13-22-38-42(35)34-18-7-8-20-36(34)47(38)37-21-9-11-24-40(37)52-41-25-12-10-23-39(41)48-46(47)52/h1-29H. The highest BCUT2D eigenvalue weighted by Gasteiger charge is 2.54. The van der Waals surface area contributed by atoms with Gasteiger partial charge in [-0.2, -0.15) is 0 Å². The van der Waals surface area contributed by atoms with Gasteiger partial charge in [0.2, 0.25) is 0 Å². The molecule has 2 aromatic heterocycles. The quantitative estimate of drug-likeness (QED) is 0.188. The van der Waals surface area contributed by atoms with Gasteiger partial charge in [-0.15, -0.1) is 0 Å². The molecule has 242 valence electrons. The molecule has 0 amide bonds. The Morgan fingerprint density at radius 1 is 0.365 bits per heavy atom. The third kappa shape index (κ3) is 3.99. The molecule has 0 saturated carbocycles. The predicted octanol–water partition coefficient (Wildman–Crippen LogP) is 10.6. The Kier molecular flexibility index (Phi) is 6.10. The van der Waals surface area contributed by atoms with Gasteiger partial charge in [-0.25, -0.2) is 19.9 Å². The summed E-state index contributed by atoms with van der Waals surface area (Å²) in [6, 6.07) is 61.7. The molecular formula is C47H29N5. The summed E-state index contributed by atoms with van der Waals surface area (Å²) in [5.74, 6) is 2.92. The van der Waals surface area contributed by atoms with E-state index in [1.807, 2.05) is 24.3 Å². The number of hydrogen-bond donors (Lipinski definition) is 0. The van der Waals surface area contributed by atoms with Crippen LogP contribution in [0.2, 0.25) is 0 Å². The van der Waals surface area contributed by atoms with Crippen molar-refractivity contribution in [1.82, 2.24) is 24.5 Å². The first-order valence-electron chi connectivity index (χ1n) is 17.6. The number of hydrogen-bond acceptors (Lipinski definition) is 4. The minimum Gasteiger partial charge on any atom is -0.295 e. The lowest BCUT2D eigenvalue weighted by molar-refractivity contribution is 0.738. The highest BCUT2D eigenvalue weighted by molar-refractivity contribution is 5.97. The van der Waals surface area contributed by atoms with Crippen molar-refractivity contribution in [3.63, 3.8) is 0 Å². The van der Waals surface area contributed by atoms with Gasteiger partial charge in [0.1, 0.15) is 11.2 Å². The zero-order chi connectivity index (χ0) is 34.2. The van der Waals surface area contributed by atoms with Crippen molar-refractivity contribution in [2.24, 2.45) is 0 Å². The van der Waals surface area contributed by atoms with Crippen LogP contribution in [0.4, 0.5) is 0 Å². The van der Waals surface area contributed by atoms with Crippen LogP contribution in [0, 0.1) is 0 Å². The van der Waals surface area contributed by atoms with Gasteiger partial charge in [0.05, 0.1) is 16.7 Å². The highest BCUT2D eigenvalue weighted by Crippen LogP contribution is 2.61. The third-order valence-electron chi connectivity index (χ3n) is 10.7. The second-order valence-electron chi connectivity index (χ2n) is 13.4. The maximum Gasteiger partial charge on any atom is 0.164 e. The summed E-state index contributed by atoms with van der Waals surface area (Å²) in [5.41, 5.74) is 13.7. The van der Waals surface area contributed by atoms with Crippen LogP contribution in [0.15, 0.2) is 176 Å². The molecule has 5 heteroatoms. The van der Waals surface area contributed by atoms with Gasteiger partial charge < -0.3 is 0 Å². The lowest BCUT2D eigenvalue weighted by atomic mass is 9.73. The molecule has 1 spiro atoms. The second kappa shape index (κ2) is 11.0. The van der Waals surface area contributed by atoms with E-state index in [9.17, 15) is 0 Å². The first-order valence-corrected chi connectivity index (χ1v) is 17.6. The normalized spacial score (nSPS) is 15.0. The van der Waals surface area contributed by atoms with Crippen LogP contribution in [0.3, 0.4) is 0 Å². The number of para-hydroxylation sites is 3. The first-order chi connectivity index (χ1) is 25.8. The molecule has 1 unspecified atom stereocenters. The van der Waals surface area contributed by atoms with Crippen molar-refractivity contribution in [1.29, 1.82) is 0 Å². The lowest BCUT2D eigenvalue weighted by Gasteiger charge is -2.27. The number of nitrogens with zero attached hydrogens (tertiary/aromatic N) is 5. The van der Waals surface area contributed by atoms with Crippen LogP contribution < -0.4 is 0 Å². The van der Waals surface area contributed by atoms with Gasteiger partial charge in [-0.1, -0.05) is 158 Å². The predicted molar refractivity (Wildman–Crippen MR) is 207 cm³/mol. The smallest absolute Gasteiger partial charge is 0.164 e. The largest absolute Gasteiger partial charge is 0.295 e. The van der Waals surface area contributed by atoms with E-state index in [2.05, 4.69) is 156 Å². The molecule has 1 aliphatic heterocycles. The summed E-state index contributed by atoms with van der Waals surface area (Å²) < 4.78 is 2.36. The Morgan fingerprint density at radius 2 is 0.904 bits per heavy atom. The van der Waals surface area contributed by atoms with E-state index in [0.717, 1.165) is 50.4 Å². The van der Waals surface area contributed by atoms with Gasteiger partial charge in [0.15, 0.2) is 17.5 Å². The summed E-state index contributed by atoms with van der Waals surface area (Å²) in [6.45, 7) is 0. The fraction of sp³-hybridized carbons (Fsp3) is 0.0213. The van der Waals surface area contributed by atoms with Crippen LogP contribution >= 0.6 is 0 Å². The highest BCUT2D eigenvalue weighted by atomic mass is 15.1. The molecule has 7 aromatic carbocycles. The molecule has 1 atom stereocenters. The molecule has 0 bridgehead atoms. The minimum atomic E-state index is -0.608. The summed E-state index contributed by atoms with van der Waals surface area (Å²) in [5, 5.41) is 0. The minimum absolute atomic E-state index is 0.608. The van der Waals surface area contributed by atoms with Crippen molar-refractivity contribution in [3.8, 4) is 62.1 Å². The molecule has 9 aromatic rings. The van der Waals surface area contributed by atoms with E-state index in [0.29, 0.717) is 17.5 Å². The van der Waals surface area contributed by atoms with Crippen LogP contribution in [0.1, 0.15) is 22.5 Å². The van der Waals surface area contributed by atoms with Crippen LogP contribution in [0.25, 0.3) is 73.1 Å². The van der Waals surface area contributed by atoms with Crippen molar-refractivity contribution >= 4 is 11.0 Å². The molecule has 11 rings (SSSR count). The molecule has 0 radical (unpaired) electrons. The van der Waals surface area contributed by atoms with Gasteiger partial charge in [0.25, 0.3) is 0 Å². The third-order valence-corrected chi connectivity index (χ3v) is 10.7. The van der Waals surface area contributed by atoms with Crippen molar-refractivity contribution in [2.75, 3.05) is 0 Å². The fourth-order valence-electron chi connectivity index (χ4n) is 8.46. The van der Waals surface area contributed by atoms with Crippen molar-refractivity contribution < 1.29 is 0 Å². The van der Waals surface area contributed by atoms with Crippen molar-refractivity contribution in [3.05, 3.63) is 198 Å². The summed E-state index contributed by atoms with van der Waals surface area (Å²) in [4.78, 5) is 20.9. The van der Waals surface area contributed by atoms with E-state index >= 15 is 0 Å². The van der Waals surface area contributed by atoms with E-state index in [1.165, 1.54) is 27.8 Å². The molecule has 0 N–H and O–H groups in total. The topological polar surface area (TPSA) is 56.5 Å². The van der Waals surface area contributed by atoms with E-state index < -0.39 is 5.41 Å². The van der Waals surface area contributed by atoms with E-state index in [4.69, 9.17) is 19.9 Å². The Morgan fingerprint density at radius 3 is 1.69 bits per heavy atom. The number of aromatic nitrogens is 5. The molecule has 0 saturated heterocycles. The summed E-state index contributed by atoms with van der Waals surface area (Å²) >= 11 is 0. The second-order valence-corrected chi connectivity index (χ2v) is 13.4. The maximum absolute atomic E-state index is 5.40. The van der Waals surface area contributed by atoms with Gasteiger partial charge >= 0.3 is 0 Å². The Balaban J connectivity index is 1.17. The fourth-order valence-corrected chi connectivity index (χ4v) is 8.46. The number of rotatable bonds is 4. The molecule has 0 fully saturated rings. The Bertz CT molecular complexity index is 2840. The molecule has 1 aliphatic carbocycles. The average molecular weight is 664 g/mol. The molecule has 52 heavy (non-hydrogen) atoms. The summed E-state index contributed by atoms with van der Waals surface area (Å²) in [7, 11) is 0. The average Bonchev–Trinajstić information content (AvgIpc) is 3.85. The number of fused-ring (bicyclic) bond motifs is 12. The molecular weight excluding hydrogens is 635 g/mol.